The van der Waals surface area contributed by atoms with E-state index in [0.29, 0.717) is 18.2 Å². The summed E-state index contributed by atoms with van der Waals surface area (Å²) in [6, 6.07) is 13.9. The molecule has 0 unspecified atom stereocenters. The summed E-state index contributed by atoms with van der Waals surface area (Å²) in [4.78, 5) is 12.1. The Morgan fingerprint density at radius 2 is 1.96 bits per heavy atom. The lowest BCUT2D eigenvalue weighted by atomic mass is 10.1. The molecular formula is C19H17ClFN3O2S. The summed E-state index contributed by atoms with van der Waals surface area (Å²) < 4.78 is 19.4. The molecule has 0 saturated carbocycles. The zero-order valence-electron chi connectivity index (χ0n) is 14.3. The minimum absolute atomic E-state index is 0.161. The normalized spacial score (nSPS) is 10.6. The van der Waals surface area contributed by atoms with Crippen LogP contribution in [-0.4, -0.2) is 22.7 Å². The zero-order chi connectivity index (χ0) is 19.1. The quantitative estimate of drug-likeness (QED) is 0.559. The number of amides is 1. The van der Waals surface area contributed by atoms with Crippen LogP contribution in [0.3, 0.4) is 0 Å². The smallest absolute Gasteiger partial charge is 0.230 e. The van der Waals surface area contributed by atoms with Gasteiger partial charge in [0.2, 0.25) is 11.0 Å². The van der Waals surface area contributed by atoms with Crippen LogP contribution in [0.15, 0.2) is 48.5 Å². The van der Waals surface area contributed by atoms with Crippen LogP contribution in [0.25, 0.3) is 0 Å². The average molecular weight is 406 g/mol. The third-order valence-corrected chi connectivity index (χ3v) is 4.91. The van der Waals surface area contributed by atoms with E-state index < -0.39 is 11.7 Å². The molecule has 0 atom stereocenters. The van der Waals surface area contributed by atoms with Crippen molar-refractivity contribution in [2.45, 2.75) is 19.3 Å². The van der Waals surface area contributed by atoms with E-state index in [1.54, 1.807) is 6.07 Å². The Labute approximate surface area is 165 Å². The highest BCUT2D eigenvalue weighted by atomic mass is 35.5. The number of hydrogen-bond acceptors (Lipinski definition) is 5. The van der Waals surface area contributed by atoms with Gasteiger partial charge in [0.15, 0.2) is 0 Å². The molecule has 0 saturated heterocycles. The van der Waals surface area contributed by atoms with Crippen LogP contribution < -0.4 is 10.1 Å². The van der Waals surface area contributed by atoms with Crippen molar-refractivity contribution < 1.29 is 13.9 Å². The molecule has 5 nitrogen and oxygen atoms in total. The molecule has 0 bridgehead atoms. The van der Waals surface area contributed by atoms with Crippen LogP contribution in [0.5, 0.6) is 5.75 Å². The standard InChI is InChI=1S/C19H17ClFN3O2S/c20-15-8-4-9-16(21)14(15)12-17(25)22-19-24-23-18(27-19)10-5-11-26-13-6-2-1-3-7-13/h1-4,6-9H,5,10-12H2,(H,22,24,25). The third-order valence-electron chi connectivity index (χ3n) is 3.66. The number of aryl methyl sites for hydroxylation is 1. The van der Waals surface area contributed by atoms with E-state index >= 15 is 0 Å². The van der Waals surface area contributed by atoms with Gasteiger partial charge in [-0.05, 0) is 30.7 Å². The lowest BCUT2D eigenvalue weighted by molar-refractivity contribution is -0.115. The first-order valence-electron chi connectivity index (χ1n) is 8.35. The summed E-state index contributed by atoms with van der Waals surface area (Å²) in [6.45, 7) is 0.567. The number of rotatable bonds is 8. The SMILES string of the molecule is O=C(Cc1c(F)cccc1Cl)Nc1nnc(CCCOc2ccccc2)s1. The van der Waals surface area contributed by atoms with Crippen molar-refractivity contribution in [2.24, 2.45) is 0 Å². The number of para-hydroxylation sites is 1. The maximum Gasteiger partial charge on any atom is 0.230 e. The van der Waals surface area contributed by atoms with Crippen LogP contribution in [0, 0.1) is 5.82 Å². The third kappa shape index (κ3) is 5.74. The number of aromatic nitrogens is 2. The van der Waals surface area contributed by atoms with E-state index in [2.05, 4.69) is 15.5 Å². The van der Waals surface area contributed by atoms with Gasteiger partial charge in [-0.1, -0.05) is 47.2 Å². The largest absolute Gasteiger partial charge is 0.494 e. The molecule has 0 fully saturated rings. The van der Waals surface area contributed by atoms with Gasteiger partial charge in [-0.3, -0.25) is 4.79 Å². The van der Waals surface area contributed by atoms with Crippen molar-refractivity contribution in [2.75, 3.05) is 11.9 Å². The van der Waals surface area contributed by atoms with E-state index in [0.717, 1.165) is 17.2 Å². The molecule has 0 radical (unpaired) electrons. The molecule has 3 aromatic rings. The van der Waals surface area contributed by atoms with Crippen LogP contribution in [0.1, 0.15) is 17.0 Å². The Balaban J connectivity index is 1.45. The summed E-state index contributed by atoms with van der Waals surface area (Å²) in [5, 5.41) is 12.0. The molecule has 27 heavy (non-hydrogen) atoms. The first-order valence-corrected chi connectivity index (χ1v) is 9.54. The van der Waals surface area contributed by atoms with Crippen molar-refractivity contribution >= 4 is 34.0 Å². The summed E-state index contributed by atoms with van der Waals surface area (Å²) in [6.07, 6.45) is 1.31. The molecule has 140 valence electrons. The minimum atomic E-state index is -0.506. The topological polar surface area (TPSA) is 64.1 Å². The van der Waals surface area contributed by atoms with E-state index in [-0.39, 0.29) is 17.0 Å². The molecule has 1 N–H and O–H groups in total. The fourth-order valence-corrected chi connectivity index (χ4v) is 3.39. The zero-order valence-corrected chi connectivity index (χ0v) is 15.9. The molecule has 0 aliphatic rings. The number of halogens is 2. The first kappa shape index (κ1) is 19.3. The number of nitrogens with one attached hydrogen (secondary N) is 1. The molecule has 0 spiro atoms. The summed E-state index contributed by atoms with van der Waals surface area (Å²) in [7, 11) is 0. The van der Waals surface area contributed by atoms with Crippen molar-refractivity contribution in [1.82, 2.24) is 10.2 Å². The number of anilines is 1. The van der Waals surface area contributed by atoms with Gasteiger partial charge in [-0.2, -0.15) is 0 Å². The molecule has 3 rings (SSSR count). The Bertz CT molecular complexity index is 885. The van der Waals surface area contributed by atoms with Gasteiger partial charge in [0, 0.05) is 17.0 Å². The van der Waals surface area contributed by atoms with Crippen LogP contribution in [0.4, 0.5) is 9.52 Å². The monoisotopic (exact) mass is 405 g/mol. The van der Waals surface area contributed by atoms with Crippen LogP contribution in [0.2, 0.25) is 5.02 Å². The second-order valence-electron chi connectivity index (χ2n) is 5.69. The fraction of sp³-hybridized carbons (Fsp3) is 0.211. The van der Waals surface area contributed by atoms with Gasteiger partial charge in [0.25, 0.3) is 0 Å². The average Bonchev–Trinajstić information content (AvgIpc) is 3.10. The number of nitrogens with zero attached hydrogens (tertiary/aromatic N) is 2. The highest BCUT2D eigenvalue weighted by molar-refractivity contribution is 7.15. The Kier molecular flexibility index (Phi) is 6.73. The molecule has 0 aliphatic heterocycles. The molecule has 1 heterocycles. The molecule has 8 heteroatoms. The number of benzene rings is 2. The second-order valence-corrected chi connectivity index (χ2v) is 7.16. The van der Waals surface area contributed by atoms with Crippen molar-refractivity contribution in [3.63, 3.8) is 0 Å². The highest BCUT2D eigenvalue weighted by Gasteiger charge is 2.14. The predicted octanol–water partition coefficient (Wildman–Crippen LogP) is 4.52. The molecule has 1 amide bonds. The van der Waals surface area contributed by atoms with Gasteiger partial charge in [-0.25, -0.2) is 4.39 Å². The minimum Gasteiger partial charge on any atom is -0.494 e. The first-order chi connectivity index (χ1) is 13.1. The van der Waals surface area contributed by atoms with Gasteiger partial charge < -0.3 is 10.1 Å². The number of carbonyl (C=O) groups is 1. The number of hydrogen-bond donors (Lipinski definition) is 1. The lowest BCUT2D eigenvalue weighted by Crippen LogP contribution is -2.15. The van der Waals surface area contributed by atoms with Gasteiger partial charge in [0.1, 0.15) is 16.6 Å². The predicted molar refractivity (Wildman–Crippen MR) is 104 cm³/mol. The van der Waals surface area contributed by atoms with E-state index in [1.807, 2.05) is 30.3 Å². The van der Waals surface area contributed by atoms with E-state index in [9.17, 15) is 9.18 Å². The number of carbonyl (C=O) groups excluding carboxylic acids is 1. The van der Waals surface area contributed by atoms with Crippen LogP contribution in [-0.2, 0) is 17.6 Å². The van der Waals surface area contributed by atoms with Crippen molar-refractivity contribution in [1.29, 1.82) is 0 Å². The number of ether oxygens (including phenoxy) is 1. The van der Waals surface area contributed by atoms with Gasteiger partial charge >= 0.3 is 0 Å². The second kappa shape index (κ2) is 9.43. The Morgan fingerprint density at radius 1 is 1.15 bits per heavy atom. The molecule has 1 aromatic heterocycles. The highest BCUT2D eigenvalue weighted by Crippen LogP contribution is 2.21. The Morgan fingerprint density at radius 3 is 2.74 bits per heavy atom. The maximum atomic E-state index is 13.7. The molecular weight excluding hydrogens is 389 g/mol. The van der Waals surface area contributed by atoms with E-state index in [1.165, 1.54) is 23.5 Å². The fourth-order valence-electron chi connectivity index (χ4n) is 2.36. The van der Waals surface area contributed by atoms with Gasteiger partial charge in [-0.15, -0.1) is 10.2 Å². The molecule has 2 aromatic carbocycles. The molecule has 0 aliphatic carbocycles. The summed E-state index contributed by atoms with van der Waals surface area (Å²) in [5.41, 5.74) is 0.166. The lowest BCUT2D eigenvalue weighted by Gasteiger charge is -2.05. The van der Waals surface area contributed by atoms with E-state index in [4.69, 9.17) is 16.3 Å². The van der Waals surface area contributed by atoms with Gasteiger partial charge in [0.05, 0.1) is 13.0 Å². The summed E-state index contributed by atoms with van der Waals surface area (Å²) in [5.74, 6) is -0.0688. The van der Waals surface area contributed by atoms with Crippen LogP contribution >= 0.6 is 22.9 Å². The van der Waals surface area contributed by atoms with Crippen molar-refractivity contribution in [3.05, 3.63) is 69.9 Å². The Hall–Kier alpha value is -2.51. The van der Waals surface area contributed by atoms with Crippen molar-refractivity contribution in [3.8, 4) is 5.75 Å². The maximum absolute atomic E-state index is 13.7. The summed E-state index contributed by atoms with van der Waals surface area (Å²) >= 11 is 7.23.